The smallest absolute Gasteiger partial charge is 0.265 e. The second kappa shape index (κ2) is 15.4. The van der Waals surface area contributed by atoms with Crippen molar-refractivity contribution >= 4 is 62.2 Å². The van der Waals surface area contributed by atoms with E-state index in [2.05, 4.69) is 31.8 Å². The largest absolute Gasteiger partial charge is 0.488 e. The van der Waals surface area contributed by atoms with Crippen LogP contribution in [0.5, 0.6) is 5.75 Å². The van der Waals surface area contributed by atoms with Crippen molar-refractivity contribution < 1.29 is 41.9 Å². The van der Waals surface area contributed by atoms with Crippen molar-refractivity contribution in [1.82, 2.24) is 15.3 Å². The summed E-state index contributed by atoms with van der Waals surface area (Å²) in [5, 5.41) is 28.7. The Morgan fingerprint density at radius 2 is 2.00 bits per heavy atom. The molecule has 3 aromatic rings. The van der Waals surface area contributed by atoms with E-state index in [0.29, 0.717) is 36.5 Å². The van der Waals surface area contributed by atoms with Crippen LogP contribution in [-0.2, 0) is 14.9 Å². The molecule has 3 aliphatic rings. The number of nitrogens with one attached hydrogen (secondary N) is 3. The van der Waals surface area contributed by atoms with Gasteiger partial charge in [-0.05, 0) is 61.4 Å². The van der Waals surface area contributed by atoms with Gasteiger partial charge in [0, 0.05) is 18.7 Å². The minimum Gasteiger partial charge on any atom is -0.488 e. The lowest BCUT2D eigenvalue weighted by atomic mass is 9.70. The molecule has 0 spiro atoms. The van der Waals surface area contributed by atoms with Crippen LogP contribution in [0.25, 0.3) is 0 Å². The van der Waals surface area contributed by atoms with E-state index in [4.69, 9.17) is 27.3 Å². The maximum Gasteiger partial charge on any atom is 0.265 e. The van der Waals surface area contributed by atoms with Crippen molar-refractivity contribution in [2.45, 2.75) is 45.6 Å². The molecule has 2 aliphatic carbocycles. The standard InChI is InChI=1S/C26H26ClFN6O4.C10H16O4S/c1-3-10-29-24(36)17-6-5-7-19(28)22(17)32-23-18(27)12-30-25(33-23)31-16-8-9-21-20(11-16)34(4-2)13-26(37,14-35)15-38-21;1-9(2)7-3-4-10(9,8(11)5-7)6-15(12,13)14/h1,5-9,11-12,35,37H,4,10,13-15H2,2H3,(H,29,36)(H2,30,31,32,33);7H,3-6H2,1-2H3,(H,12,13,14). The van der Waals surface area contributed by atoms with Gasteiger partial charge in [0.15, 0.2) is 5.82 Å². The van der Waals surface area contributed by atoms with Crippen LogP contribution in [0.3, 0.4) is 0 Å². The van der Waals surface area contributed by atoms with E-state index in [1.807, 2.05) is 25.7 Å². The highest BCUT2D eigenvalue weighted by molar-refractivity contribution is 7.85. The number of carbonyl (C=O) groups is 2. The van der Waals surface area contributed by atoms with Gasteiger partial charge in [-0.3, -0.25) is 14.1 Å². The maximum atomic E-state index is 14.7. The second-order valence-corrected chi connectivity index (χ2v) is 15.8. The Morgan fingerprint density at radius 1 is 1.25 bits per heavy atom. The Hall–Kier alpha value is -4.53. The summed E-state index contributed by atoms with van der Waals surface area (Å²) in [6.45, 7) is 6.06. The Kier molecular flexibility index (Phi) is 11.6. The number of ether oxygens (including phenoxy) is 1. The van der Waals surface area contributed by atoms with E-state index in [9.17, 15) is 32.6 Å². The molecule has 17 heteroatoms. The SMILES string of the molecule is C#CCNC(=O)c1cccc(F)c1Nc1nc(Nc2ccc3c(c2)N(CC)CC(O)(CO)CO3)ncc1Cl.CC1(C)C2CCC1(CS(=O)(=O)O)C(=O)C2. The van der Waals surface area contributed by atoms with Gasteiger partial charge in [0.1, 0.15) is 34.6 Å². The molecule has 1 amide bonds. The molecule has 1 aliphatic heterocycles. The third kappa shape index (κ3) is 8.34. The van der Waals surface area contributed by atoms with Crippen LogP contribution in [-0.4, -0.2) is 89.0 Å². The van der Waals surface area contributed by atoms with E-state index in [0.717, 1.165) is 6.42 Å². The Morgan fingerprint density at radius 3 is 2.62 bits per heavy atom. The number of likely N-dealkylation sites (N-methyl/N-ethyl adjacent to an activating group) is 1. The van der Waals surface area contributed by atoms with E-state index in [1.54, 1.807) is 18.2 Å². The monoisotopic (exact) mass is 772 g/mol. The number of aliphatic hydroxyl groups excluding tert-OH is 1. The van der Waals surface area contributed by atoms with Crippen molar-refractivity contribution in [1.29, 1.82) is 0 Å². The van der Waals surface area contributed by atoms with Gasteiger partial charge in [0.05, 0.1) is 54.0 Å². The fourth-order valence-corrected chi connectivity index (χ4v) is 8.73. The summed E-state index contributed by atoms with van der Waals surface area (Å²) in [6.07, 6.45) is 8.51. The first-order valence-corrected chi connectivity index (χ1v) is 18.8. The highest BCUT2D eigenvalue weighted by atomic mass is 35.5. The van der Waals surface area contributed by atoms with Crippen LogP contribution in [0.4, 0.5) is 33.2 Å². The lowest BCUT2D eigenvalue weighted by molar-refractivity contribution is -0.128. The van der Waals surface area contributed by atoms with Gasteiger partial charge in [-0.2, -0.15) is 13.4 Å². The lowest BCUT2D eigenvalue weighted by Crippen LogP contribution is -2.48. The number of amides is 1. The number of hydrogen-bond acceptors (Lipinski definition) is 12. The van der Waals surface area contributed by atoms with Crippen LogP contribution in [0.2, 0.25) is 5.02 Å². The first-order valence-electron chi connectivity index (χ1n) is 16.9. The molecule has 0 saturated heterocycles. The number of anilines is 5. The van der Waals surface area contributed by atoms with Gasteiger partial charge < -0.3 is 35.8 Å². The molecular weight excluding hydrogens is 731 g/mol. The highest BCUT2D eigenvalue weighted by Crippen LogP contribution is 2.64. The molecule has 6 rings (SSSR count). The number of terminal acetylenes is 1. The maximum absolute atomic E-state index is 14.7. The summed E-state index contributed by atoms with van der Waals surface area (Å²) >= 11 is 6.28. The summed E-state index contributed by atoms with van der Waals surface area (Å²) in [7, 11) is -4.08. The second-order valence-electron chi connectivity index (χ2n) is 14.0. The molecule has 284 valence electrons. The molecule has 2 bridgehead atoms. The molecule has 1 aromatic heterocycles. The van der Waals surface area contributed by atoms with Gasteiger partial charge in [-0.1, -0.05) is 37.4 Å². The predicted molar refractivity (Wildman–Crippen MR) is 198 cm³/mol. The topological polar surface area (TPSA) is 203 Å². The summed E-state index contributed by atoms with van der Waals surface area (Å²) in [6, 6.07) is 9.33. The van der Waals surface area contributed by atoms with E-state index in [-0.39, 0.29) is 64.9 Å². The number of benzene rings is 2. The summed E-state index contributed by atoms with van der Waals surface area (Å²) in [4.78, 5) is 34.8. The number of Topliss-reactive ketones (excluding diaryl/α,β-unsaturated/α-hetero) is 1. The third-order valence-electron chi connectivity index (χ3n) is 10.4. The summed E-state index contributed by atoms with van der Waals surface area (Å²) < 4.78 is 51.4. The number of hydrogen-bond donors (Lipinski definition) is 6. The number of aliphatic hydroxyl groups is 2. The molecule has 14 nitrogen and oxygen atoms in total. The van der Waals surface area contributed by atoms with Gasteiger partial charge >= 0.3 is 0 Å². The van der Waals surface area contributed by atoms with Gasteiger partial charge in [0.2, 0.25) is 5.95 Å². The average Bonchev–Trinajstić information content (AvgIpc) is 3.37. The number of para-hydroxylation sites is 1. The molecule has 2 saturated carbocycles. The first-order chi connectivity index (χ1) is 25.0. The van der Waals surface area contributed by atoms with E-state index < -0.39 is 45.2 Å². The number of nitrogens with zero attached hydrogens (tertiary/aromatic N) is 3. The normalized spacial score (nSPS) is 22.7. The molecule has 53 heavy (non-hydrogen) atoms. The van der Waals surface area contributed by atoms with Gasteiger partial charge in [-0.25, -0.2) is 9.37 Å². The van der Waals surface area contributed by atoms with Crippen LogP contribution in [0, 0.1) is 34.9 Å². The van der Waals surface area contributed by atoms with Crippen LogP contribution >= 0.6 is 11.6 Å². The molecule has 3 unspecified atom stereocenters. The Balaban J connectivity index is 0.000000300. The number of fused-ring (bicyclic) bond motifs is 3. The van der Waals surface area contributed by atoms with Crippen LogP contribution in [0.15, 0.2) is 42.6 Å². The Labute approximate surface area is 312 Å². The predicted octanol–water partition coefficient (Wildman–Crippen LogP) is 4.33. The van der Waals surface area contributed by atoms with Gasteiger partial charge in [-0.15, -0.1) is 6.42 Å². The molecule has 3 atom stereocenters. The average molecular weight is 773 g/mol. The number of ketones is 1. The molecule has 2 aromatic carbocycles. The van der Waals surface area contributed by atoms with Gasteiger partial charge in [0.25, 0.3) is 16.0 Å². The number of rotatable bonds is 10. The number of aromatic nitrogens is 2. The summed E-state index contributed by atoms with van der Waals surface area (Å²) in [5.74, 6) is 1.72. The van der Waals surface area contributed by atoms with Crippen LogP contribution < -0.4 is 25.6 Å². The summed E-state index contributed by atoms with van der Waals surface area (Å²) in [5.41, 5.74) is -1.29. The van der Waals surface area contributed by atoms with Crippen molar-refractivity contribution in [2.24, 2.45) is 16.7 Å². The number of carbonyl (C=O) groups excluding carboxylic acids is 2. The third-order valence-corrected chi connectivity index (χ3v) is 11.5. The molecule has 0 radical (unpaired) electrons. The first kappa shape index (κ1) is 39.7. The Bertz CT molecular complexity index is 2050. The lowest BCUT2D eigenvalue weighted by Gasteiger charge is -2.35. The molecular formula is C36H42ClFN6O8S. The fourth-order valence-electron chi connectivity index (χ4n) is 7.29. The van der Waals surface area contributed by atoms with Crippen molar-refractivity contribution in [2.75, 3.05) is 54.1 Å². The fraction of sp³-hybridized carbons (Fsp3) is 0.444. The highest BCUT2D eigenvalue weighted by Gasteiger charge is 2.65. The molecule has 2 fully saturated rings. The van der Waals surface area contributed by atoms with Crippen molar-refractivity contribution in [3.05, 3.63) is 59.0 Å². The zero-order valence-electron chi connectivity index (χ0n) is 29.4. The number of β-amino-alcohol motifs (C(OH)–C–C–N with tert-alkyl or cyclic N) is 1. The zero-order valence-corrected chi connectivity index (χ0v) is 31.0. The van der Waals surface area contributed by atoms with Crippen molar-refractivity contribution in [3.63, 3.8) is 0 Å². The van der Waals surface area contributed by atoms with Crippen molar-refractivity contribution in [3.8, 4) is 18.1 Å². The number of halogens is 2. The zero-order chi connectivity index (χ0) is 38.8. The molecule has 2 heterocycles. The van der Waals surface area contributed by atoms with E-state index >= 15 is 0 Å². The minimum atomic E-state index is -4.08. The van der Waals surface area contributed by atoms with E-state index in [1.165, 1.54) is 24.4 Å². The quantitative estimate of drug-likeness (QED) is 0.126. The minimum absolute atomic E-state index is 0.0152. The van der Waals surface area contributed by atoms with Crippen LogP contribution in [0.1, 0.15) is 50.4 Å². The molecule has 6 N–H and O–H groups in total.